The van der Waals surface area contributed by atoms with Gasteiger partial charge in [0.1, 0.15) is 0 Å². The predicted molar refractivity (Wildman–Crippen MR) is 78.1 cm³/mol. The van der Waals surface area contributed by atoms with Crippen LogP contribution in [-0.4, -0.2) is 37.6 Å². The van der Waals surface area contributed by atoms with Crippen LogP contribution in [0.4, 0.5) is 0 Å². The van der Waals surface area contributed by atoms with Gasteiger partial charge in [0.2, 0.25) is 0 Å². The van der Waals surface area contributed by atoms with E-state index in [-0.39, 0.29) is 0 Å². The fourth-order valence-corrected chi connectivity index (χ4v) is 2.53. The molecule has 2 rings (SSSR count). The highest BCUT2D eigenvalue weighted by molar-refractivity contribution is 5.40. The highest BCUT2D eigenvalue weighted by Crippen LogP contribution is 2.33. The van der Waals surface area contributed by atoms with Gasteiger partial charge in [-0.1, -0.05) is 24.3 Å². The molecule has 1 atom stereocenters. The van der Waals surface area contributed by atoms with Crippen molar-refractivity contribution < 1.29 is 0 Å². The molecule has 0 amide bonds. The Bertz CT molecular complexity index is 373. The maximum absolute atomic E-state index is 3.60. The standard InChI is InChI=1S/C16H26N2/c1-13(2)18(3)10-6-9-17-12-15-11-14-7-4-5-8-16(14)15/h4-5,7-8,13,15,17H,6,9-12H2,1-3H3. The molecule has 1 aliphatic carbocycles. The van der Waals surface area contributed by atoms with Crippen molar-refractivity contribution in [3.8, 4) is 0 Å². The number of nitrogens with one attached hydrogen (secondary N) is 1. The third-order valence-electron chi connectivity index (χ3n) is 4.10. The number of hydrogen-bond donors (Lipinski definition) is 1. The van der Waals surface area contributed by atoms with E-state index in [9.17, 15) is 0 Å². The number of nitrogens with zero attached hydrogens (tertiary/aromatic N) is 1. The Hall–Kier alpha value is -0.860. The van der Waals surface area contributed by atoms with Gasteiger partial charge in [-0.05, 0) is 58.0 Å². The summed E-state index contributed by atoms with van der Waals surface area (Å²) in [7, 11) is 2.20. The molecule has 0 bridgehead atoms. The quantitative estimate of drug-likeness (QED) is 0.744. The molecule has 0 aliphatic heterocycles. The molecule has 1 aliphatic rings. The van der Waals surface area contributed by atoms with Gasteiger partial charge >= 0.3 is 0 Å². The molecule has 0 radical (unpaired) electrons. The molecule has 1 unspecified atom stereocenters. The average Bonchev–Trinajstić information content (AvgIpc) is 2.33. The lowest BCUT2D eigenvalue weighted by atomic mass is 9.77. The third-order valence-corrected chi connectivity index (χ3v) is 4.10. The molecule has 0 fully saturated rings. The lowest BCUT2D eigenvalue weighted by Gasteiger charge is -2.30. The van der Waals surface area contributed by atoms with Gasteiger partial charge in [-0.3, -0.25) is 0 Å². The van der Waals surface area contributed by atoms with Gasteiger partial charge in [0.15, 0.2) is 0 Å². The van der Waals surface area contributed by atoms with Gasteiger partial charge in [-0.25, -0.2) is 0 Å². The van der Waals surface area contributed by atoms with Crippen molar-refractivity contribution in [3.63, 3.8) is 0 Å². The van der Waals surface area contributed by atoms with Crippen molar-refractivity contribution in [3.05, 3.63) is 35.4 Å². The van der Waals surface area contributed by atoms with E-state index in [0.717, 1.165) is 19.0 Å². The van der Waals surface area contributed by atoms with Crippen LogP contribution in [0.25, 0.3) is 0 Å². The zero-order chi connectivity index (χ0) is 13.0. The van der Waals surface area contributed by atoms with E-state index in [2.05, 4.69) is 55.4 Å². The summed E-state index contributed by atoms with van der Waals surface area (Å²) in [5.74, 6) is 0.754. The summed E-state index contributed by atoms with van der Waals surface area (Å²) in [6.45, 7) is 7.96. The Kier molecular flexibility index (Phi) is 4.79. The van der Waals surface area contributed by atoms with Crippen LogP contribution >= 0.6 is 0 Å². The monoisotopic (exact) mass is 246 g/mol. The Morgan fingerprint density at radius 2 is 2.11 bits per heavy atom. The molecule has 1 aromatic carbocycles. The molecular formula is C16H26N2. The summed E-state index contributed by atoms with van der Waals surface area (Å²) >= 11 is 0. The second-order valence-corrected chi connectivity index (χ2v) is 5.73. The van der Waals surface area contributed by atoms with E-state index >= 15 is 0 Å². The topological polar surface area (TPSA) is 15.3 Å². The first-order valence-corrected chi connectivity index (χ1v) is 7.17. The summed E-state index contributed by atoms with van der Waals surface area (Å²) in [4.78, 5) is 2.40. The molecule has 1 N–H and O–H groups in total. The van der Waals surface area contributed by atoms with Crippen LogP contribution in [0.5, 0.6) is 0 Å². The van der Waals surface area contributed by atoms with Crippen molar-refractivity contribution in [2.24, 2.45) is 0 Å². The maximum Gasteiger partial charge on any atom is 0.00355 e. The van der Waals surface area contributed by atoms with E-state index in [4.69, 9.17) is 0 Å². The second-order valence-electron chi connectivity index (χ2n) is 5.73. The molecule has 0 saturated carbocycles. The van der Waals surface area contributed by atoms with Crippen LogP contribution in [0.2, 0.25) is 0 Å². The summed E-state index contributed by atoms with van der Waals surface area (Å²) in [5, 5.41) is 3.60. The summed E-state index contributed by atoms with van der Waals surface area (Å²) < 4.78 is 0. The summed E-state index contributed by atoms with van der Waals surface area (Å²) in [6.07, 6.45) is 2.50. The molecular weight excluding hydrogens is 220 g/mol. The number of rotatable bonds is 7. The van der Waals surface area contributed by atoms with Crippen LogP contribution in [0.15, 0.2) is 24.3 Å². The largest absolute Gasteiger partial charge is 0.316 e. The third kappa shape index (κ3) is 3.33. The first-order valence-electron chi connectivity index (χ1n) is 7.17. The zero-order valence-electron chi connectivity index (χ0n) is 11.9. The average molecular weight is 246 g/mol. The predicted octanol–water partition coefficient (Wildman–Crippen LogP) is 2.65. The molecule has 1 aromatic rings. The van der Waals surface area contributed by atoms with Crippen LogP contribution in [0, 0.1) is 0 Å². The first kappa shape index (κ1) is 13.6. The first-order chi connectivity index (χ1) is 8.68. The normalized spacial score (nSPS) is 17.9. The van der Waals surface area contributed by atoms with E-state index in [1.807, 2.05) is 0 Å². The lowest BCUT2D eigenvalue weighted by Crippen LogP contribution is -2.32. The van der Waals surface area contributed by atoms with Gasteiger partial charge in [0.05, 0.1) is 0 Å². The summed E-state index contributed by atoms with van der Waals surface area (Å²) in [5.41, 5.74) is 3.10. The van der Waals surface area contributed by atoms with Gasteiger partial charge in [-0.15, -0.1) is 0 Å². The zero-order valence-corrected chi connectivity index (χ0v) is 11.9. The van der Waals surface area contributed by atoms with Crippen molar-refractivity contribution >= 4 is 0 Å². The molecule has 0 aromatic heterocycles. The van der Waals surface area contributed by atoms with E-state index in [1.165, 1.54) is 19.4 Å². The van der Waals surface area contributed by atoms with Crippen LogP contribution < -0.4 is 5.32 Å². The van der Waals surface area contributed by atoms with Gasteiger partial charge in [-0.2, -0.15) is 0 Å². The Morgan fingerprint density at radius 3 is 2.83 bits per heavy atom. The van der Waals surface area contributed by atoms with Crippen LogP contribution in [0.3, 0.4) is 0 Å². The van der Waals surface area contributed by atoms with Crippen LogP contribution in [-0.2, 0) is 6.42 Å². The highest BCUT2D eigenvalue weighted by Gasteiger charge is 2.24. The minimum absolute atomic E-state index is 0.656. The van der Waals surface area contributed by atoms with E-state index in [0.29, 0.717) is 6.04 Å². The van der Waals surface area contributed by atoms with Gasteiger partial charge < -0.3 is 10.2 Å². The number of benzene rings is 1. The maximum atomic E-state index is 3.60. The minimum Gasteiger partial charge on any atom is -0.316 e. The Balaban J connectivity index is 1.58. The molecule has 2 heteroatoms. The van der Waals surface area contributed by atoms with Crippen molar-refractivity contribution in [2.75, 3.05) is 26.7 Å². The SMILES string of the molecule is CC(C)N(C)CCCNCC1Cc2ccccc21. The van der Waals surface area contributed by atoms with Crippen molar-refractivity contribution in [2.45, 2.75) is 38.6 Å². The Labute approximate surface area is 111 Å². The van der Waals surface area contributed by atoms with Crippen molar-refractivity contribution in [1.82, 2.24) is 10.2 Å². The summed E-state index contributed by atoms with van der Waals surface area (Å²) in [6, 6.07) is 9.48. The second kappa shape index (κ2) is 6.35. The lowest BCUT2D eigenvalue weighted by molar-refractivity contribution is 0.269. The minimum atomic E-state index is 0.656. The fraction of sp³-hybridized carbons (Fsp3) is 0.625. The van der Waals surface area contributed by atoms with E-state index < -0.39 is 0 Å². The molecule has 100 valence electrons. The Morgan fingerprint density at radius 1 is 1.33 bits per heavy atom. The molecule has 2 nitrogen and oxygen atoms in total. The highest BCUT2D eigenvalue weighted by atomic mass is 15.1. The molecule has 0 heterocycles. The number of hydrogen-bond acceptors (Lipinski definition) is 2. The van der Waals surface area contributed by atoms with Gasteiger partial charge in [0.25, 0.3) is 0 Å². The molecule has 0 spiro atoms. The fourth-order valence-electron chi connectivity index (χ4n) is 2.53. The van der Waals surface area contributed by atoms with E-state index in [1.54, 1.807) is 11.1 Å². The van der Waals surface area contributed by atoms with Gasteiger partial charge in [0, 0.05) is 18.5 Å². The van der Waals surface area contributed by atoms with Crippen LogP contribution in [0.1, 0.15) is 37.3 Å². The number of fused-ring (bicyclic) bond motifs is 1. The smallest absolute Gasteiger partial charge is 0.00355 e. The van der Waals surface area contributed by atoms with Crippen molar-refractivity contribution in [1.29, 1.82) is 0 Å². The molecule has 0 saturated heterocycles. The molecule has 18 heavy (non-hydrogen) atoms.